The summed E-state index contributed by atoms with van der Waals surface area (Å²) in [5.41, 5.74) is 0.383. The van der Waals surface area contributed by atoms with Gasteiger partial charge in [0.25, 0.3) is 5.91 Å². The second kappa shape index (κ2) is 8.86. The third kappa shape index (κ3) is 3.82. The Balaban J connectivity index is 1.92. The largest absolute Gasteiger partial charge is 0.508 e. The van der Waals surface area contributed by atoms with Crippen molar-refractivity contribution in [2.45, 2.75) is 31.0 Å². The summed E-state index contributed by atoms with van der Waals surface area (Å²) in [6.07, 6.45) is 0.489. The van der Waals surface area contributed by atoms with Gasteiger partial charge < -0.3 is 26.2 Å². The number of ketones is 2. The molecule has 1 fully saturated rings. The molecule has 14 heteroatoms. The Morgan fingerprint density at radius 1 is 1.21 bits per heavy atom. The number of likely N-dealkylation sites (N-methyl/N-ethyl adjacent to an activating group) is 1. The normalized spacial score (nSPS) is 27.5. The number of aliphatic hydroxyl groups is 3. The molecule has 38 heavy (non-hydrogen) atoms. The number of phenols is 1. The number of primary amides is 1. The van der Waals surface area contributed by atoms with Crippen LogP contribution in [0.15, 0.2) is 23.0 Å². The fourth-order valence-corrected chi connectivity index (χ4v) is 6.19. The Bertz CT molecular complexity index is 1470. The molecule has 6 N–H and O–H groups in total. The van der Waals surface area contributed by atoms with Gasteiger partial charge in [0.2, 0.25) is 15.8 Å². The van der Waals surface area contributed by atoms with E-state index >= 15 is 4.39 Å². The highest BCUT2D eigenvalue weighted by molar-refractivity contribution is 7.88. The van der Waals surface area contributed by atoms with E-state index in [2.05, 4.69) is 0 Å². The zero-order chi connectivity index (χ0) is 28.6. The molecule has 0 bridgehead atoms. The molecule has 4 atom stereocenters. The Morgan fingerprint density at radius 3 is 2.34 bits per heavy atom. The van der Waals surface area contributed by atoms with Crippen molar-refractivity contribution in [2.75, 3.05) is 27.4 Å². The predicted octanol–water partition coefficient (Wildman–Crippen LogP) is -0.505. The van der Waals surface area contributed by atoms with Gasteiger partial charge >= 0.3 is 0 Å². The van der Waals surface area contributed by atoms with Crippen molar-refractivity contribution in [2.24, 2.45) is 17.6 Å². The zero-order valence-electron chi connectivity index (χ0n) is 21.0. The van der Waals surface area contributed by atoms with Gasteiger partial charge in [0.05, 0.1) is 17.9 Å². The Morgan fingerprint density at radius 2 is 1.82 bits per heavy atom. The van der Waals surface area contributed by atoms with Gasteiger partial charge in [-0.25, -0.2) is 17.1 Å². The third-order valence-electron chi connectivity index (χ3n) is 7.69. The van der Waals surface area contributed by atoms with E-state index in [1.165, 1.54) is 26.0 Å². The topological polar surface area (TPSA) is 199 Å². The number of hydrogen-bond acceptors (Lipinski definition) is 10. The molecule has 0 spiro atoms. The van der Waals surface area contributed by atoms with Crippen molar-refractivity contribution < 1.29 is 47.6 Å². The first kappa shape index (κ1) is 27.7. The monoisotopic (exact) mass is 553 g/mol. The van der Waals surface area contributed by atoms with E-state index in [1.807, 2.05) is 0 Å². The van der Waals surface area contributed by atoms with Crippen LogP contribution >= 0.6 is 0 Å². The fourth-order valence-electron chi connectivity index (χ4n) is 5.82. The Kier molecular flexibility index (Phi) is 6.46. The maximum absolute atomic E-state index is 15.6. The number of aliphatic hydroxyl groups excluding tert-OH is 2. The fraction of sp³-hybridized carbons (Fsp3) is 0.458. The summed E-state index contributed by atoms with van der Waals surface area (Å²) in [6, 6.07) is -0.331. The van der Waals surface area contributed by atoms with Crippen molar-refractivity contribution in [1.29, 1.82) is 0 Å². The quantitative estimate of drug-likeness (QED) is 0.296. The van der Waals surface area contributed by atoms with Crippen LogP contribution in [0.3, 0.4) is 0 Å². The van der Waals surface area contributed by atoms with Gasteiger partial charge in [-0.1, -0.05) is 0 Å². The van der Waals surface area contributed by atoms with Gasteiger partial charge in [0, 0.05) is 36.2 Å². The predicted molar refractivity (Wildman–Crippen MR) is 131 cm³/mol. The number of carbonyl (C=O) groups excluding carboxylic acids is 3. The number of aromatic hydroxyl groups is 1. The van der Waals surface area contributed by atoms with E-state index in [4.69, 9.17) is 5.73 Å². The van der Waals surface area contributed by atoms with Crippen LogP contribution in [-0.4, -0.2) is 94.6 Å². The minimum atomic E-state index is -3.69. The molecule has 1 aromatic carbocycles. The van der Waals surface area contributed by atoms with Crippen LogP contribution in [0.1, 0.15) is 23.1 Å². The number of fused-ring (bicyclic) bond motifs is 3. The molecule has 12 nitrogen and oxygen atoms in total. The second-order valence-electron chi connectivity index (χ2n) is 10.2. The molecular formula is C24H28FN3O9S. The SMILES string of the molecule is CN(C)[C@@H]1C(=O)C(C(N)=O)=C(O)[C@@]2(O)C(=O)C3=C(O)c4c(O)cc(CN(C)S(C)(=O)=O)c(F)c4C[C@H]3C[C@@H]12. The first-order chi connectivity index (χ1) is 17.4. The first-order valence-electron chi connectivity index (χ1n) is 11.5. The van der Waals surface area contributed by atoms with Crippen molar-refractivity contribution >= 4 is 33.3 Å². The molecule has 206 valence electrons. The van der Waals surface area contributed by atoms with Gasteiger partial charge in [-0.15, -0.1) is 0 Å². The minimum absolute atomic E-state index is 0.172. The summed E-state index contributed by atoms with van der Waals surface area (Å²) >= 11 is 0. The molecule has 0 aromatic heterocycles. The Labute approximate surface area is 217 Å². The molecule has 4 rings (SSSR count). The Hall–Kier alpha value is -3.33. The summed E-state index contributed by atoms with van der Waals surface area (Å²) in [6.45, 7) is -0.416. The maximum Gasteiger partial charge on any atom is 0.255 e. The molecule has 0 aliphatic heterocycles. The lowest BCUT2D eigenvalue weighted by Crippen LogP contribution is -2.65. The van der Waals surface area contributed by atoms with Crippen molar-refractivity contribution in [3.63, 3.8) is 0 Å². The highest BCUT2D eigenvalue weighted by Crippen LogP contribution is 2.53. The number of amides is 1. The van der Waals surface area contributed by atoms with Crippen molar-refractivity contribution in [3.8, 4) is 5.75 Å². The van der Waals surface area contributed by atoms with Gasteiger partial charge in [-0.05, 0) is 38.9 Å². The van der Waals surface area contributed by atoms with E-state index in [0.717, 1.165) is 16.6 Å². The third-order valence-corrected chi connectivity index (χ3v) is 8.95. The smallest absolute Gasteiger partial charge is 0.255 e. The summed E-state index contributed by atoms with van der Waals surface area (Å²) in [5.74, 6) is -9.28. The van der Waals surface area contributed by atoms with E-state index in [1.54, 1.807) is 0 Å². The van der Waals surface area contributed by atoms with Crippen LogP contribution < -0.4 is 5.73 Å². The standard InChI is InChI=1S/C24H28FN3O9S/c1-27(2)18-12-6-9-5-11-15(13(29)7-10(17(11)25)8-28(3)38(4,36)37)19(30)14(9)21(32)24(12,35)22(33)16(20(18)31)23(26)34/h7,9,12,18,29-30,33,35H,5-6,8H2,1-4H3,(H2,26,34)/t9-,12-,18-,24-/m0/s1. The molecule has 0 unspecified atom stereocenters. The number of halogens is 1. The first-order valence-corrected chi connectivity index (χ1v) is 13.4. The number of carbonyl (C=O) groups is 3. The van der Waals surface area contributed by atoms with Crippen LogP contribution in [-0.2, 0) is 37.4 Å². The number of Topliss-reactive ketones (excluding diaryl/α,β-unsaturated/α-hetero) is 2. The summed E-state index contributed by atoms with van der Waals surface area (Å²) in [7, 11) is 0.473. The van der Waals surface area contributed by atoms with Crippen molar-refractivity contribution in [3.05, 3.63) is 45.5 Å². The molecular weight excluding hydrogens is 525 g/mol. The number of phenolic OH excluding ortho intramolecular Hbond substituents is 1. The van der Waals surface area contributed by atoms with Crippen LogP contribution in [0.2, 0.25) is 0 Å². The van der Waals surface area contributed by atoms with Gasteiger partial charge in [0.1, 0.15) is 28.7 Å². The highest BCUT2D eigenvalue weighted by atomic mass is 32.2. The molecule has 0 heterocycles. The van der Waals surface area contributed by atoms with Gasteiger partial charge in [-0.2, -0.15) is 0 Å². The summed E-state index contributed by atoms with van der Waals surface area (Å²) in [4.78, 5) is 40.2. The lowest BCUT2D eigenvalue weighted by molar-refractivity contribution is -0.153. The average molecular weight is 554 g/mol. The molecule has 3 aliphatic rings. The number of nitrogens with two attached hydrogens (primary N) is 1. The van der Waals surface area contributed by atoms with E-state index in [9.17, 15) is 43.2 Å². The molecule has 1 saturated carbocycles. The molecule has 1 amide bonds. The van der Waals surface area contributed by atoms with E-state index in [-0.39, 0.29) is 24.0 Å². The second-order valence-corrected chi connectivity index (χ2v) is 12.3. The number of rotatable bonds is 5. The van der Waals surface area contributed by atoms with Crippen LogP contribution in [0.4, 0.5) is 4.39 Å². The van der Waals surface area contributed by atoms with Gasteiger partial charge in [-0.3, -0.25) is 19.3 Å². The van der Waals surface area contributed by atoms with Crippen LogP contribution in [0.25, 0.3) is 5.76 Å². The summed E-state index contributed by atoms with van der Waals surface area (Å²) < 4.78 is 40.1. The van der Waals surface area contributed by atoms with Gasteiger partial charge in [0.15, 0.2) is 11.4 Å². The van der Waals surface area contributed by atoms with Crippen LogP contribution in [0.5, 0.6) is 5.75 Å². The number of nitrogens with zero attached hydrogens (tertiary/aromatic N) is 2. The zero-order valence-corrected chi connectivity index (χ0v) is 21.8. The average Bonchev–Trinajstić information content (AvgIpc) is 2.78. The number of benzene rings is 1. The number of sulfonamides is 1. The van der Waals surface area contributed by atoms with E-state index < -0.39 is 97.3 Å². The highest BCUT2D eigenvalue weighted by Gasteiger charge is 2.64. The molecule has 0 radical (unpaired) electrons. The lowest BCUT2D eigenvalue weighted by Gasteiger charge is -2.50. The molecule has 1 aromatic rings. The van der Waals surface area contributed by atoms with Crippen molar-refractivity contribution in [1.82, 2.24) is 9.21 Å². The molecule has 0 saturated heterocycles. The lowest BCUT2D eigenvalue weighted by atomic mass is 9.57. The number of hydrogen-bond donors (Lipinski definition) is 5. The maximum atomic E-state index is 15.6. The summed E-state index contributed by atoms with van der Waals surface area (Å²) in [5, 5.41) is 44.1. The minimum Gasteiger partial charge on any atom is -0.508 e. The molecule has 3 aliphatic carbocycles. The van der Waals surface area contributed by atoms with E-state index in [0.29, 0.717) is 0 Å². The van der Waals surface area contributed by atoms with Crippen LogP contribution in [0, 0.1) is 17.7 Å².